The van der Waals surface area contributed by atoms with Crippen LogP contribution >= 0.6 is 0 Å². The van der Waals surface area contributed by atoms with Crippen LogP contribution in [0.15, 0.2) is 91.0 Å². The number of hydrogen-bond donors (Lipinski definition) is 1. The van der Waals surface area contributed by atoms with Crippen LogP contribution in [0.3, 0.4) is 0 Å². The Morgan fingerprint density at radius 2 is 1.45 bits per heavy atom. The lowest BCUT2D eigenvalue weighted by Gasteiger charge is -2.15. The molecule has 0 atom stereocenters. The molecule has 0 saturated carbocycles. The Hall–Kier alpha value is -3.59. The summed E-state index contributed by atoms with van der Waals surface area (Å²) < 4.78 is 2.36. The second kappa shape index (κ2) is 9.48. The standard InChI is InChI=1S/C28H27NO2/c1-2-26-25(22-11-5-3-6-12-22)20-27(23-13-7-4-8-14-23)29(26)24-18-16-21(17-19-24)10-9-15-28(30)31/h3-8,11-14,16-20H,2,9-10,15H2,1H3,(H,30,31). The number of benzene rings is 3. The van der Waals surface area contributed by atoms with E-state index in [1.165, 1.54) is 33.6 Å². The average molecular weight is 410 g/mol. The number of hydrogen-bond acceptors (Lipinski definition) is 1. The predicted octanol–water partition coefficient (Wildman–Crippen LogP) is 6.78. The van der Waals surface area contributed by atoms with Crippen molar-refractivity contribution >= 4 is 5.97 Å². The minimum atomic E-state index is -0.738. The predicted molar refractivity (Wildman–Crippen MR) is 127 cm³/mol. The molecule has 0 amide bonds. The third-order valence-corrected chi connectivity index (χ3v) is 5.64. The fourth-order valence-corrected chi connectivity index (χ4v) is 4.14. The lowest BCUT2D eigenvalue weighted by Crippen LogP contribution is -2.02. The lowest BCUT2D eigenvalue weighted by atomic mass is 10.0. The summed E-state index contributed by atoms with van der Waals surface area (Å²) in [5, 5.41) is 8.87. The van der Waals surface area contributed by atoms with Gasteiger partial charge in [-0.3, -0.25) is 4.79 Å². The zero-order valence-electron chi connectivity index (χ0n) is 17.8. The van der Waals surface area contributed by atoms with Gasteiger partial charge in [-0.15, -0.1) is 0 Å². The van der Waals surface area contributed by atoms with E-state index in [1.54, 1.807) is 0 Å². The van der Waals surface area contributed by atoms with Gasteiger partial charge in [-0.2, -0.15) is 0 Å². The third-order valence-electron chi connectivity index (χ3n) is 5.64. The van der Waals surface area contributed by atoms with E-state index < -0.39 is 5.97 Å². The minimum Gasteiger partial charge on any atom is -0.481 e. The van der Waals surface area contributed by atoms with E-state index in [4.69, 9.17) is 5.11 Å². The van der Waals surface area contributed by atoms with Crippen LogP contribution in [-0.4, -0.2) is 15.6 Å². The second-order valence-corrected chi connectivity index (χ2v) is 7.72. The number of carboxylic acids is 1. The number of rotatable bonds is 8. The molecule has 0 aliphatic carbocycles. The molecule has 0 aliphatic rings. The highest BCUT2D eigenvalue weighted by Crippen LogP contribution is 2.35. The number of aryl methyl sites for hydroxylation is 1. The van der Waals surface area contributed by atoms with Crippen LogP contribution in [0.25, 0.3) is 28.1 Å². The molecule has 3 aromatic carbocycles. The Labute approximate surface area is 183 Å². The fraction of sp³-hybridized carbons (Fsp3) is 0.179. The van der Waals surface area contributed by atoms with Gasteiger partial charge in [0.25, 0.3) is 0 Å². The Kier molecular flexibility index (Phi) is 6.32. The molecule has 4 aromatic rings. The van der Waals surface area contributed by atoms with Crippen molar-refractivity contribution in [3.63, 3.8) is 0 Å². The molecule has 0 spiro atoms. The zero-order chi connectivity index (χ0) is 21.6. The van der Waals surface area contributed by atoms with Gasteiger partial charge in [0.1, 0.15) is 0 Å². The van der Waals surface area contributed by atoms with Crippen molar-refractivity contribution in [2.24, 2.45) is 0 Å². The molecule has 3 heteroatoms. The van der Waals surface area contributed by atoms with Crippen LogP contribution in [0, 0.1) is 0 Å². The topological polar surface area (TPSA) is 42.2 Å². The molecular weight excluding hydrogens is 382 g/mol. The molecular formula is C28H27NO2. The van der Waals surface area contributed by atoms with Gasteiger partial charge in [-0.1, -0.05) is 79.7 Å². The quantitative estimate of drug-likeness (QED) is 0.348. The van der Waals surface area contributed by atoms with Crippen LogP contribution in [0.1, 0.15) is 31.0 Å². The van der Waals surface area contributed by atoms with E-state index in [9.17, 15) is 4.79 Å². The molecule has 156 valence electrons. The van der Waals surface area contributed by atoms with E-state index in [-0.39, 0.29) is 6.42 Å². The summed E-state index contributed by atoms with van der Waals surface area (Å²) >= 11 is 0. The Morgan fingerprint density at radius 1 is 0.839 bits per heavy atom. The maximum atomic E-state index is 10.8. The van der Waals surface area contributed by atoms with Crippen molar-refractivity contribution in [1.29, 1.82) is 0 Å². The molecule has 4 rings (SSSR count). The average Bonchev–Trinajstić information content (AvgIpc) is 3.20. The first-order valence-electron chi connectivity index (χ1n) is 10.8. The van der Waals surface area contributed by atoms with Crippen LogP contribution in [-0.2, 0) is 17.6 Å². The van der Waals surface area contributed by atoms with E-state index in [2.05, 4.69) is 90.4 Å². The van der Waals surface area contributed by atoms with E-state index in [0.29, 0.717) is 6.42 Å². The second-order valence-electron chi connectivity index (χ2n) is 7.72. The van der Waals surface area contributed by atoms with Gasteiger partial charge in [0.15, 0.2) is 0 Å². The molecule has 0 unspecified atom stereocenters. The SMILES string of the molecule is CCc1c(-c2ccccc2)cc(-c2ccccc2)n1-c1ccc(CCCC(=O)O)cc1. The molecule has 1 heterocycles. The minimum absolute atomic E-state index is 0.206. The van der Waals surface area contributed by atoms with Gasteiger partial charge in [-0.05, 0) is 54.2 Å². The summed E-state index contributed by atoms with van der Waals surface area (Å²) in [5.41, 5.74) is 8.41. The fourth-order valence-electron chi connectivity index (χ4n) is 4.14. The molecule has 3 nitrogen and oxygen atoms in total. The smallest absolute Gasteiger partial charge is 0.303 e. The van der Waals surface area contributed by atoms with Crippen LogP contribution in [0.5, 0.6) is 0 Å². The monoisotopic (exact) mass is 409 g/mol. The highest BCUT2D eigenvalue weighted by atomic mass is 16.4. The molecule has 1 N–H and O–H groups in total. The maximum Gasteiger partial charge on any atom is 0.303 e. The summed E-state index contributed by atoms with van der Waals surface area (Å²) in [4.78, 5) is 10.8. The number of aliphatic carboxylic acids is 1. The Bertz CT molecular complexity index is 1140. The van der Waals surface area contributed by atoms with Crippen molar-refractivity contribution in [3.05, 3.63) is 102 Å². The molecule has 0 aliphatic heterocycles. The summed E-state index contributed by atoms with van der Waals surface area (Å²) in [6.45, 7) is 2.20. The highest BCUT2D eigenvalue weighted by Gasteiger charge is 2.17. The lowest BCUT2D eigenvalue weighted by molar-refractivity contribution is -0.137. The molecule has 0 radical (unpaired) electrons. The number of nitrogens with zero attached hydrogens (tertiary/aromatic N) is 1. The first-order chi connectivity index (χ1) is 15.2. The van der Waals surface area contributed by atoms with E-state index in [1.807, 2.05) is 12.1 Å². The normalized spacial score (nSPS) is 10.9. The Balaban J connectivity index is 1.79. The van der Waals surface area contributed by atoms with Crippen LogP contribution in [0.2, 0.25) is 0 Å². The third kappa shape index (κ3) is 4.61. The zero-order valence-corrected chi connectivity index (χ0v) is 17.8. The van der Waals surface area contributed by atoms with Gasteiger partial charge in [0.05, 0.1) is 5.69 Å². The van der Waals surface area contributed by atoms with Crippen molar-refractivity contribution in [2.45, 2.75) is 32.6 Å². The molecule has 31 heavy (non-hydrogen) atoms. The number of carbonyl (C=O) groups is 1. The Morgan fingerprint density at radius 3 is 2.03 bits per heavy atom. The van der Waals surface area contributed by atoms with Crippen LogP contribution in [0.4, 0.5) is 0 Å². The van der Waals surface area contributed by atoms with Gasteiger partial charge in [0.2, 0.25) is 0 Å². The van der Waals surface area contributed by atoms with Crippen molar-refractivity contribution in [2.75, 3.05) is 0 Å². The van der Waals surface area contributed by atoms with Gasteiger partial charge in [-0.25, -0.2) is 0 Å². The van der Waals surface area contributed by atoms with Gasteiger partial charge in [0, 0.05) is 23.4 Å². The summed E-state index contributed by atoms with van der Waals surface area (Å²) in [6.07, 6.45) is 2.56. The van der Waals surface area contributed by atoms with E-state index >= 15 is 0 Å². The molecule has 0 bridgehead atoms. The first-order valence-corrected chi connectivity index (χ1v) is 10.8. The van der Waals surface area contributed by atoms with Crippen molar-refractivity contribution in [3.8, 4) is 28.1 Å². The number of aromatic nitrogens is 1. The van der Waals surface area contributed by atoms with E-state index in [0.717, 1.165) is 18.5 Å². The van der Waals surface area contributed by atoms with Gasteiger partial charge < -0.3 is 9.67 Å². The summed E-state index contributed by atoms with van der Waals surface area (Å²) in [7, 11) is 0. The maximum absolute atomic E-state index is 10.8. The summed E-state index contributed by atoms with van der Waals surface area (Å²) in [5.74, 6) is -0.738. The van der Waals surface area contributed by atoms with Crippen molar-refractivity contribution in [1.82, 2.24) is 4.57 Å². The molecule has 0 fully saturated rings. The van der Waals surface area contributed by atoms with Gasteiger partial charge >= 0.3 is 5.97 Å². The molecule has 0 saturated heterocycles. The summed E-state index contributed by atoms with van der Waals surface area (Å²) in [6, 6.07) is 31.9. The largest absolute Gasteiger partial charge is 0.481 e. The van der Waals surface area contributed by atoms with Crippen molar-refractivity contribution < 1.29 is 9.90 Å². The molecule has 1 aromatic heterocycles. The number of carboxylic acid groups (broad SMARTS) is 1. The highest BCUT2D eigenvalue weighted by molar-refractivity contribution is 5.77. The van der Waals surface area contributed by atoms with Crippen LogP contribution < -0.4 is 0 Å². The first kappa shape index (κ1) is 20.7.